The van der Waals surface area contributed by atoms with Crippen molar-refractivity contribution < 1.29 is 13.9 Å². The summed E-state index contributed by atoms with van der Waals surface area (Å²) < 4.78 is 19.1. The number of ether oxygens (including phenoxy) is 1. The van der Waals surface area contributed by atoms with Crippen molar-refractivity contribution in [2.75, 3.05) is 13.7 Å². The Morgan fingerprint density at radius 1 is 1.12 bits per heavy atom. The second-order valence-corrected chi connectivity index (χ2v) is 7.97. The van der Waals surface area contributed by atoms with Gasteiger partial charge in [-0.25, -0.2) is 9.18 Å². The van der Waals surface area contributed by atoms with Gasteiger partial charge in [-0.15, -0.1) is 0 Å². The summed E-state index contributed by atoms with van der Waals surface area (Å²) >= 11 is 0. The number of H-pyrrole nitrogens is 1. The first kappa shape index (κ1) is 20.1. The van der Waals surface area contributed by atoms with Crippen molar-refractivity contribution >= 4 is 16.9 Å². The number of carbonyl (C=O) groups is 1. The molecule has 4 aromatic rings. The van der Waals surface area contributed by atoms with Crippen molar-refractivity contribution in [3.8, 4) is 5.75 Å². The second-order valence-electron chi connectivity index (χ2n) is 7.97. The van der Waals surface area contributed by atoms with Crippen molar-refractivity contribution in [2.45, 2.75) is 19.0 Å². The Morgan fingerprint density at radius 3 is 2.66 bits per heavy atom. The average molecular weight is 429 g/mol. The van der Waals surface area contributed by atoms with Crippen molar-refractivity contribution in [3.05, 3.63) is 101 Å². The Morgan fingerprint density at radius 2 is 1.91 bits per heavy atom. The normalized spacial score (nSPS) is 15.4. The summed E-state index contributed by atoms with van der Waals surface area (Å²) in [6, 6.07) is 21.7. The highest BCUT2D eigenvalue weighted by atomic mass is 19.1. The summed E-state index contributed by atoms with van der Waals surface area (Å²) in [5.41, 5.74) is 5.02. The van der Waals surface area contributed by atoms with Crippen LogP contribution in [0.15, 0.2) is 72.8 Å². The minimum absolute atomic E-state index is 0.148. The van der Waals surface area contributed by atoms with E-state index in [-0.39, 0.29) is 17.9 Å². The van der Waals surface area contributed by atoms with Crippen LogP contribution in [0.4, 0.5) is 9.18 Å². The highest BCUT2D eigenvalue weighted by Gasteiger charge is 2.34. The first-order valence-electron chi connectivity index (χ1n) is 10.7. The number of aromatic amines is 1. The molecule has 32 heavy (non-hydrogen) atoms. The zero-order valence-corrected chi connectivity index (χ0v) is 17.8. The van der Waals surface area contributed by atoms with Crippen LogP contribution in [0.3, 0.4) is 0 Å². The number of aromatic nitrogens is 1. The Kier molecular flexibility index (Phi) is 5.27. The highest BCUT2D eigenvalue weighted by Crippen LogP contribution is 2.39. The molecule has 1 aliphatic heterocycles. The molecule has 2 N–H and O–H groups in total. The molecule has 0 bridgehead atoms. The van der Waals surface area contributed by atoms with E-state index in [9.17, 15) is 9.18 Å². The van der Waals surface area contributed by atoms with E-state index in [4.69, 9.17) is 4.74 Å². The van der Waals surface area contributed by atoms with E-state index in [0.29, 0.717) is 13.1 Å². The maximum Gasteiger partial charge on any atom is 0.318 e. The van der Waals surface area contributed by atoms with Gasteiger partial charge in [-0.2, -0.15) is 0 Å². The fraction of sp³-hybridized carbons (Fsp3) is 0.192. The molecule has 1 aromatic heterocycles. The van der Waals surface area contributed by atoms with Crippen LogP contribution < -0.4 is 10.1 Å². The van der Waals surface area contributed by atoms with Gasteiger partial charge in [-0.05, 0) is 53.4 Å². The van der Waals surface area contributed by atoms with E-state index in [2.05, 4.69) is 10.3 Å². The van der Waals surface area contributed by atoms with Gasteiger partial charge in [0.1, 0.15) is 11.6 Å². The van der Waals surface area contributed by atoms with E-state index in [1.54, 1.807) is 19.2 Å². The largest absolute Gasteiger partial charge is 0.497 e. The molecule has 0 spiro atoms. The molecule has 0 fully saturated rings. The van der Waals surface area contributed by atoms with Crippen LogP contribution >= 0.6 is 0 Å². The summed E-state index contributed by atoms with van der Waals surface area (Å²) in [7, 11) is 1.65. The van der Waals surface area contributed by atoms with Gasteiger partial charge in [-0.1, -0.05) is 42.5 Å². The van der Waals surface area contributed by atoms with Crippen LogP contribution in [0, 0.1) is 5.82 Å². The second kappa shape index (κ2) is 8.38. The van der Waals surface area contributed by atoms with Gasteiger partial charge >= 0.3 is 6.03 Å². The van der Waals surface area contributed by atoms with Gasteiger partial charge in [0, 0.05) is 29.7 Å². The molecule has 162 valence electrons. The van der Waals surface area contributed by atoms with Gasteiger partial charge in [0.25, 0.3) is 0 Å². The van der Waals surface area contributed by atoms with Gasteiger partial charge in [0.05, 0.1) is 13.2 Å². The maximum absolute atomic E-state index is 13.7. The highest BCUT2D eigenvalue weighted by molar-refractivity contribution is 5.87. The number of hydrogen-bond donors (Lipinski definition) is 2. The number of hydrogen-bond acceptors (Lipinski definition) is 2. The zero-order chi connectivity index (χ0) is 22.1. The fourth-order valence-electron chi connectivity index (χ4n) is 4.48. The standard InChI is InChI=1S/C26H24FN3O2/c1-32-20-11-12-23-22(15-20)21-13-14-30(26(31)28-16-17-5-3-2-4-6-17)25(24(21)29-23)18-7-9-19(27)10-8-18/h2-12,15,25,29H,13-14,16H2,1H3,(H,28,31)/t25-/m1/s1. The molecule has 5 rings (SSSR count). The third-order valence-corrected chi connectivity index (χ3v) is 6.07. The summed E-state index contributed by atoms with van der Waals surface area (Å²) in [6.45, 7) is 1.00. The lowest BCUT2D eigenvalue weighted by atomic mass is 9.92. The minimum Gasteiger partial charge on any atom is -0.497 e. The van der Waals surface area contributed by atoms with Gasteiger partial charge in [-0.3, -0.25) is 0 Å². The van der Waals surface area contributed by atoms with Crippen molar-refractivity contribution in [3.63, 3.8) is 0 Å². The minimum atomic E-state index is -0.339. The van der Waals surface area contributed by atoms with E-state index in [1.807, 2.05) is 53.4 Å². The third-order valence-electron chi connectivity index (χ3n) is 6.07. The molecule has 3 aromatic carbocycles. The predicted molar refractivity (Wildman–Crippen MR) is 122 cm³/mol. The van der Waals surface area contributed by atoms with Gasteiger partial charge in [0.2, 0.25) is 0 Å². The lowest BCUT2D eigenvalue weighted by Crippen LogP contribution is -2.45. The Labute approximate surface area is 185 Å². The van der Waals surface area contributed by atoms with Crippen LogP contribution in [0.1, 0.15) is 28.4 Å². The Balaban J connectivity index is 1.53. The number of methoxy groups -OCH3 is 1. The molecule has 1 atom stereocenters. The van der Waals surface area contributed by atoms with Crippen LogP contribution in [-0.2, 0) is 13.0 Å². The number of fused-ring (bicyclic) bond motifs is 3. The molecule has 6 heteroatoms. The lowest BCUT2D eigenvalue weighted by Gasteiger charge is -2.36. The number of halogens is 1. The van der Waals surface area contributed by atoms with E-state index >= 15 is 0 Å². The molecule has 0 unspecified atom stereocenters. The molecule has 5 nitrogen and oxygen atoms in total. The van der Waals surface area contributed by atoms with Gasteiger partial charge < -0.3 is 19.9 Å². The molecule has 0 saturated carbocycles. The number of nitrogens with zero attached hydrogens (tertiary/aromatic N) is 1. The fourth-order valence-corrected chi connectivity index (χ4v) is 4.48. The number of rotatable bonds is 4. The number of nitrogens with one attached hydrogen (secondary N) is 2. The Bertz CT molecular complexity index is 1250. The van der Waals surface area contributed by atoms with Crippen LogP contribution in [-0.4, -0.2) is 29.6 Å². The zero-order valence-electron chi connectivity index (χ0n) is 17.8. The monoisotopic (exact) mass is 429 g/mol. The summed E-state index contributed by atoms with van der Waals surface area (Å²) in [6.07, 6.45) is 0.721. The maximum atomic E-state index is 13.7. The summed E-state index contributed by atoms with van der Waals surface area (Å²) in [5.74, 6) is 0.493. The molecule has 2 heterocycles. The number of amides is 2. The van der Waals surface area contributed by atoms with E-state index in [1.165, 1.54) is 17.7 Å². The third kappa shape index (κ3) is 3.68. The SMILES string of the molecule is COc1ccc2[nH]c3c(c2c1)CCN(C(=O)NCc1ccccc1)[C@@H]3c1ccc(F)cc1. The van der Waals surface area contributed by atoms with E-state index < -0.39 is 0 Å². The van der Waals surface area contributed by atoms with Gasteiger partial charge in [0.15, 0.2) is 0 Å². The predicted octanol–water partition coefficient (Wildman–Crippen LogP) is 5.17. The topological polar surface area (TPSA) is 57.4 Å². The quantitative estimate of drug-likeness (QED) is 0.470. The summed E-state index contributed by atoms with van der Waals surface area (Å²) in [4.78, 5) is 18.6. The average Bonchev–Trinajstić information content (AvgIpc) is 3.21. The van der Waals surface area contributed by atoms with Crippen LogP contribution in [0.5, 0.6) is 5.75 Å². The smallest absolute Gasteiger partial charge is 0.318 e. The molecule has 0 aliphatic carbocycles. The Hall–Kier alpha value is -3.80. The van der Waals surface area contributed by atoms with E-state index in [0.717, 1.165) is 39.9 Å². The van der Waals surface area contributed by atoms with Crippen molar-refractivity contribution in [2.24, 2.45) is 0 Å². The number of urea groups is 1. The number of benzene rings is 3. The van der Waals surface area contributed by atoms with Crippen LogP contribution in [0.2, 0.25) is 0 Å². The number of carbonyl (C=O) groups excluding carboxylic acids is 1. The first-order chi connectivity index (χ1) is 15.6. The first-order valence-corrected chi connectivity index (χ1v) is 10.7. The van der Waals surface area contributed by atoms with Crippen molar-refractivity contribution in [1.29, 1.82) is 0 Å². The lowest BCUT2D eigenvalue weighted by molar-refractivity contribution is 0.179. The molecule has 0 radical (unpaired) electrons. The molecule has 0 saturated heterocycles. The molecular weight excluding hydrogens is 405 g/mol. The van der Waals surface area contributed by atoms with Crippen LogP contribution in [0.25, 0.3) is 10.9 Å². The molecular formula is C26H24FN3O2. The van der Waals surface area contributed by atoms with Crippen molar-refractivity contribution in [1.82, 2.24) is 15.2 Å². The summed E-state index contributed by atoms with van der Waals surface area (Å²) in [5, 5.41) is 4.13. The molecule has 1 aliphatic rings. The molecule has 2 amide bonds.